The number of carboxylic acid groups (broad SMARTS) is 2. The fourth-order valence-corrected chi connectivity index (χ4v) is 13.2. The van der Waals surface area contributed by atoms with Crippen LogP contribution in [0.1, 0.15) is 200 Å². The van der Waals surface area contributed by atoms with Crippen molar-refractivity contribution in [3.63, 3.8) is 0 Å². The lowest BCUT2D eigenvalue weighted by atomic mass is 9.84. The van der Waals surface area contributed by atoms with Gasteiger partial charge in [-0.25, -0.2) is 23.7 Å². The zero-order valence-electron chi connectivity index (χ0n) is 58.3. The molecule has 100 heavy (non-hydrogen) atoms. The maximum Gasteiger partial charge on any atom is 0.472 e. The van der Waals surface area contributed by atoms with E-state index < -0.39 is 205 Å². The van der Waals surface area contributed by atoms with Crippen molar-refractivity contribution in [3.05, 3.63) is 12.2 Å². The van der Waals surface area contributed by atoms with Crippen LogP contribution >= 0.6 is 7.82 Å². The van der Waals surface area contributed by atoms with Gasteiger partial charge in [0.05, 0.1) is 56.3 Å². The van der Waals surface area contributed by atoms with Gasteiger partial charge in [-0.05, 0) is 19.3 Å². The van der Waals surface area contributed by atoms with E-state index in [0.29, 0.717) is 12.8 Å². The van der Waals surface area contributed by atoms with Crippen LogP contribution in [0.25, 0.3) is 0 Å². The van der Waals surface area contributed by atoms with Crippen molar-refractivity contribution in [2.24, 2.45) is 0 Å². The molecule has 584 valence electrons. The van der Waals surface area contributed by atoms with Gasteiger partial charge >= 0.3 is 31.9 Å². The molecule has 0 aromatic heterocycles. The number of aliphatic hydroxyl groups is 12. The summed E-state index contributed by atoms with van der Waals surface area (Å²) >= 11 is 0. The van der Waals surface area contributed by atoms with Gasteiger partial charge in [-0.3, -0.25) is 13.8 Å². The highest BCUT2D eigenvalue weighted by atomic mass is 31.2. The summed E-state index contributed by atoms with van der Waals surface area (Å²) < 4.78 is 66.0. The number of carbonyl (C=O) groups is 5. The van der Waals surface area contributed by atoms with E-state index in [-0.39, 0.29) is 6.42 Å². The second-order valence-electron chi connectivity index (χ2n) is 26.1. The van der Waals surface area contributed by atoms with Gasteiger partial charge in [0.2, 0.25) is 5.91 Å². The number of methoxy groups -OCH3 is 2. The van der Waals surface area contributed by atoms with Crippen LogP contribution in [0.5, 0.6) is 0 Å². The van der Waals surface area contributed by atoms with Crippen LogP contribution < -0.4 is 16.0 Å². The number of allylic oxidation sites excluding steroid dienone is 1. The van der Waals surface area contributed by atoms with Crippen LogP contribution in [0, 0.1) is 0 Å². The third kappa shape index (κ3) is 30.6. The number of ether oxygens (including phenoxy) is 8. The third-order valence-corrected chi connectivity index (χ3v) is 19.0. The number of hydrogen-bond acceptors (Lipinski definition) is 28. The minimum absolute atomic E-state index is 0.0231. The van der Waals surface area contributed by atoms with E-state index in [0.717, 1.165) is 78.4 Å². The lowest BCUT2D eigenvalue weighted by Gasteiger charge is -2.50. The smallest absolute Gasteiger partial charge is 0.472 e. The maximum atomic E-state index is 14.0. The average Bonchev–Trinajstić information content (AvgIpc) is 0.758. The van der Waals surface area contributed by atoms with Gasteiger partial charge in [-0.2, -0.15) is 0 Å². The number of alkyl carbamates (subject to hydrolysis) is 2. The number of aliphatic hydroxyl groups excluding tert-OH is 12. The summed E-state index contributed by atoms with van der Waals surface area (Å²) in [5.41, 5.74) is 0. The summed E-state index contributed by atoms with van der Waals surface area (Å²) in [5, 5.41) is 160. The van der Waals surface area contributed by atoms with E-state index in [1.807, 2.05) is 5.32 Å². The van der Waals surface area contributed by atoms with Crippen molar-refractivity contribution < 1.29 is 152 Å². The fourth-order valence-electron chi connectivity index (χ4n) is 12.3. The van der Waals surface area contributed by atoms with Crippen molar-refractivity contribution in [2.75, 3.05) is 47.6 Å². The van der Waals surface area contributed by atoms with E-state index in [1.165, 1.54) is 96.0 Å². The van der Waals surface area contributed by atoms with E-state index in [1.54, 1.807) is 6.08 Å². The summed E-state index contributed by atoms with van der Waals surface area (Å²) in [6.45, 7) is -0.565. The first-order valence-corrected chi connectivity index (χ1v) is 36.8. The quantitative estimate of drug-likeness (QED) is 0.0179. The van der Waals surface area contributed by atoms with Crippen LogP contribution in [0.2, 0.25) is 0 Å². The van der Waals surface area contributed by atoms with Crippen molar-refractivity contribution in [1.82, 2.24) is 16.0 Å². The molecule has 2 aliphatic heterocycles. The molecule has 2 saturated heterocycles. The predicted molar refractivity (Wildman–Crippen MR) is 352 cm³/mol. The number of unbranched alkanes of at least 4 members (excludes halogenated alkanes) is 24. The minimum Gasteiger partial charge on any atom is -0.477 e. The number of carboxylic acids is 2. The molecule has 2 heterocycles. The summed E-state index contributed by atoms with van der Waals surface area (Å²) in [6.07, 6.45) is -8.65. The van der Waals surface area contributed by atoms with Gasteiger partial charge < -0.3 is 130 Å². The largest absolute Gasteiger partial charge is 0.477 e. The molecule has 0 spiro atoms. The molecule has 0 bridgehead atoms. The molecule has 3 amide bonds. The van der Waals surface area contributed by atoms with E-state index >= 15 is 0 Å². The highest BCUT2D eigenvalue weighted by Crippen LogP contribution is 2.49. The van der Waals surface area contributed by atoms with Gasteiger partial charge in [-0.1, -0.05) is 174 Å². The first kappa shape index (κ1) is 90.3. The van der Waals surface area contributed by atoms with E-state index in [2.05, 4.69) is 29.2 Å². The Morgan fingerprint density at radius 1 is 0.560 bits per heavy atom. The topological polar surface area (TPSA) is 534 Å². The lowest BCUT2D eigenvalue weighted by molar-refractivity contribution is -0.350. The number of hydrogen-bond donors (Lipinski definition) is 18. The Kier molecular flexibility index (Phi) is 43.6. The Morgan fingerprint density at radius 3 is 1.41 bits per heavy atom. The van der Waals surface area contributed by atoms with Crippen molar-refractivity contribution in [2.45, 2.75) is 321 Å². The van der Waals surface area contributed by atoms with Crippen LogP contribution in [0.3, 0.4) is 0 Å². The molecule has 0 radical (unpaired) electrons. The molecule has 18 N–H and O–H groups in total. The SMILES string of the molecule is CCCCCCCCCCCC/C=C/[C@@H](O)[C@H](COP(=O)(O)O[C@H]1[C@H](O)[C@@H](O)[C@H](O)[C@@H](O)[C@H]1O[C@]1(C(=O)O)C[C@H](O)[C@@H](NC(=O)OCO[C@]2(C(=O)O)C[C@H](O)[C@@H](NC(=O)OCO)C([C@H](O)C(O)COC)O2)C([C@H](O)C(O)COC)O1)NC(=O)CCCCCCCCCCCCCCCCC. The Hall–Kier alpha value is -3.92. The summed E-state index contributed by atoms with van der Waals surface area (Å²) in [4.78, 5) is 76.8. The molecule has 34 nitrogen and oxygen atoms in total. The Morgan fingerprint density at radius 2 is 0.970 bits per heavy atom. The number of carbonyl (C=O) groups excluding carboxylic acids is 3. The highest BCUT2D eigenvalue weighted by Gasteiger charge is 2.62. The van der Waals surface area contributed by atoms with Gasteiger partial charge in [-0.15, -0.1) is 0 Å². The van der Waals surface area contributed by atoms with Gasteiger partial charge in [0, 0.05) is 33.5 Å². The zero-order chi connectivity index (χ0) is 74.4. The first-order chi connectivity index (χ1) is 47.6. The molecule has 3 fully saturated rings. The molecule has 3 rings (SSSR count). The number of nitrogens with one attached hydrogen (secondary N) is 3. The summed E-state index contributed by atoms with van der Waals surface area (Å²) in [7, 11) is -3.55. The number of amides is 3. The van der Waals surface area contributed by atoms with Gasteiger partial charge in [0.25, 0.3) is 11.6 Å². The second kappa shape index (κ2) is 48.2. The van der Waals surface area contributed by atoms with Crippen LogP contribution in [-0.2, 0) is 65.9 Å². The zero-order valence-corrected chi connectivity index (χ0v) is 59.2. The van der Waals surface area contributed by atoms with Crippen molar-refractivity contribution in [3.8, 4) is 0 Å². The highest BCUT2D eigenvalue weighted by molar-refractivity contribution is 7.47. The fraction of sp³-hybridized carbons (Fsp3) is 0.892. The number of phosphoric acid groups is 1. The molecule has 5 unspecified atom stereocenters. The van der Waals surface area contributed by atoms with Crippen molar-refractivity contribution in [1.29, 1.82) is 0 Å². The van der Waals surface area contributed by atoms with E-state index in [4.69, 9.17) is 47.3 Å². The molecule has 0 aromatic rings. The molecule has 35 heteroatoms. The minimum atomic E-state index is -5.73. The average molecular weight is 1470 g/mol. The lowest BCUT2D eigenvalue weighted by Crippen LogP contribution is -2.71. The monoisotopic (exact) mass is 1470 g/mol. The number of aliphatic carboxylic acids is 2. The normalized spacial score (nSPS) is 28.8. The summed E-state index contributed by atoms with van der Waals surface area (Å²) in [5.74, 6) is -11.4. The van der Waals surface area contributed by atoms with Crippen LogP contribution in [0.15, 0.2) is 12.2 Å². The molecular weight excluding hydrogens is 1350 g/mol. The Balaban J connectivity index is 1.84. The molecule has 3 aliphatic rings. The van der Waals surface area contributed by atoms with Gasteiger partial charge in [0.15, 0.2) is 13.6 Å². The van der Waals surface area contributed by atoms with Crippen LogP contribution in [-0.4, -0.2) is 275 Å². The molecule has 21 atom stereocenters. The molecular formula is C65H118N3O31P. The van der Waals surface area contributed by atoms with Crippen molar-refractivity contribution >= 4 is 37.9 Å². The summed E-state index contributed by atoms with van der Waals surface area (Å²) in [6, 6.07) is -5.32. The second-order valence-corrected chi connectivity index (χ2v) is 27.5. The third-order valence-electron chi connectivity index (χ3n) is 18.0. The Bertz CT molecular complexity index is 2390. The van der Waals surface area contributed by atoms with Crippen LogP contribution in [0.4, 0.5) is 9.59 Å². The molecule has 1 saturated carbocycles. The van der Waals surface area contributed by atoms with E-state index in [9.17, 15) is 99.8 Å². The number of rotatable bonds is 53. The van der Waals surface area contributed by atoms with Gasteiger partial charge in [0.1, 0.15) is 73.2 Å². The Labute approximate surface area is 584 Å². The standard InChI is InChI=1S/C65H118N3O31P/c1-5-7-9-11-13-15-17-19-20-21-23-25-27-29-31-33-47(75)66-41(42(70)32-30-28-26-24-22-18-16-14-12-10-8-6-2)36-95-100(88,89)99-59-55(81)53(79)52(78)54(80)58(59)98-65(61(84)85)35-44(72)49(57(97-65)51(77)46(74)38-91-4)68-63(87)93-40-94-64(60(82)83)34-43(71)48(67-62(86)92-39-69)56(96-64)50(76)45(73)37-90-3/h30,32,41-46,48-59,69-74,76-81H,5-29,31,33-40H2,1-4H3,(H,66,75)(H,67,86)(H,68,87)(H,82,83)(H,84,85)(H,88,89)/b32-30+/t41-,42+,43-,44-,45?,46?,48+,49+,50+,51+,52-,53-,54+,55+,56?,57?,58+,59-,64+,65-/m0/s1. The first-order valence-electron chi connectivity index (χ1n) is 35.3. The number of phosphoric ester groups is 1. The molecule has 0 aromatic carbocycles. The molecule has 1 aliphatic carbocycles. The maximum absolute atomic E-state index is 14.0. The predicted octanol–water partition coefficient (Wildman–Crippen LogP) is 2.02.